The Morgan fingerprint density at radius 1 is 1.08 bits per heavy atom. The molecule has 124 valence electrons. The molecule has 1 aromatic heterocycles. The largest absolute Gasteiger partial charge is 0.361 e. The fourth-order valence-electron chi connectivity index (χ4n) is 3.12. The van der Waals surface area contributed by atoms with Crippen molar-refractivity contribution in [3.8, 4) is 0 Å². The number of carbonyl (C=O) groups is 1. The SMILES string of the molecule is CCCCC(=O)NCC(c1ccccc1)c1c[nH]c2ccccc12. The number of amides is 1. The molecule has 1 atom stereocenters. The van der Waals surface area contributed by atoms with Gasteiger partial charge >= 0.3 is 0 Å². The van der Waals surface area contributed by atoms with Crippen molar-refractivity contribution in [1.29, 1.82) is 0 Å². The second kappa shape index (κ2) is 7.82. The van der Waals surface area contributed by atoms with Gasteiger partial charge < -0.3 is 10.3 Å². The van der Waals surface area contributed by atoms with Crippen molar-refractivity contribution in [1.82, 2.24) is 10.3 Å². The van der Waals surface area contributed by atoms with Crippen LogP contribution >= 0.6 is 0 Å². The molecule has 0 radical (unpaired) electrons. The van der Waals surface area contributed by atoms with E-state index in [9.17, 15) is 4.79 Å². The molecule has 3 rings (SSSR count). The fraction of sp³-hybridized carbons (Fsp3) is 0.286. The summed E-state index contributed by atoms with van der Waals surface area (Å²) in [5.74, 6) is 0.283. The van der Waals surface area contributed by atoms with Gasteiger partial charge in [0.15, 0.2) is 0 Å². The Morgan fingerprint density at radius 2 is 1.83 bits per heavy atom. The number of fused-ring (bicyclic) bond motifs is 1. The molecule has 2 aromatic carbocycles. The van der Waals surface area contributed by atoms with Crippen LogP contribution in [0, 0.1) is 0 Å². The van der Waals surface area contributed by atoms with Gasteiger partial charge in [-0.25, -0.2) is 0 Å². The third-order valence-corrected chi connectivity index (χ3v) is 4.46. The van der Waals surface area contributed by atoms with Crippen molar-refractivity contribution in [2.24, 2.45) is 0 Å². The molecule has 0 spiro atoms. The number of hydrogen-bond donors (Lipinski definition) is 2. The second-order valence-electron chi connectivity index (χ2n) is 6.16. The Morgan fingerprint density at radius 3 is 2.62 bits per heavy atom. The maximum atomic E-state index is 12.1. The Balaban J connectivity index is 1.87. The van der Waals surface area contributed by atoms with Crippen molar-refractivity contribution in [2.45, 2.75) is 32.1 Å². The lowest BCUT2D eigenvalue weighted by Gasteiger charge is -2.18. The minimum atomic E-state index is 0.137. The van der Waals surface area contributed by atoms with Crippen LogP contribution in [0.2, 0.25) is 0 Å². The van der Waals surface area contributed by atoms with E-state index in [1.807, 2.05) is 12.1 Å². The van der Waals surface area contributed by atoms with Crippen LogP contribution in [-0.4, -0.2) is 17.4 Å². The Kier molecular flexibility index (Phi) is 5.32. The molecule has 0 saturated heterocycles. The molecule has 1 heterocycles. The van der Waals surface area contributed by atoms with Gasteiger partial charge in [-0.05, 0) is 23.6 Å². The van der Waals surface area contributed by atoms with Gasteiger partial charge in [0, 0.05) is 36.0 Å². The van der Waals surface area contributed by atoms with Gasteiger partial charge in [-0.1, -0.05) is 61.9 Å². The van der Waals surface area contributed by atoms with Crippen LogP contribution in [0.15, 0.2) is 60.8 Å². The average molecular weight is 320 g/mol. The van der Waals surface area contributed by atoms with E-state index in [0.717, 1.165) is 18.4 Å². The van der Waals surface area contributed by atoms with E-state index in [-0.39, 0.29) is 11.8 Å². The van der Waals surface area contributed by atoms with Gasteiger partial charge in [-0.15, -0.1) is 0 Å². The lowest BCUT2D eigenvalue weighted by Crippen LogP contribution is -2.28. The standard InChI is InChI=1S/C21H24N2O/c1-2-3-13-21(24)23-14-18(16-9-5-4-6-10-16)19-15-22-20-12-8-7-11-17(19)20/h4-12,15,18,22H,2-3,13-14H2,1H3,(H,23,24). The van der Waals surface area contributed by atoms with Gasteiger partial charge in [0.25, 0.3) is 0 Å². The number of benzene rings is 2. The molecule has 1 amide bonds. The zero-order chi connectivity index (χ0) is 16.8. The molecule has 2 N–H and O–H groups in total. The number of nitrogens with one attached hydrogen (secondary N) is 2. The summed E-state index contributed by atoms with van der Waals surface area (Å²) in [4.78, 5) is 15.4. The molecule has 3 nitrogen and oxygen atoms in total. The van der Waals surface area contributed by atoms with Crippen molar-refractivity contribution in [2.75, 3.05) is 6.54 Å². The van der Waals surface area contributed by atoms with E-state index in [2.05, 4.69) is 65.9 Å². The Hall–Kier alpha value is -2.55. The molecule has 24 heavy (non-hydrogen) atoms. The summed E-state index contributed by atoms with van der Waals surface area (Å²) in [5, 5.41) is 4.33. The highest BCUT2D eigenvalue weighted by molar-refractivity contribution is 5.84. The smallest absolute Gasteiger partial charge is 0.220 e. The summed E-state index contributed by atoms with van der Waals surface area (Å²) in [6.45, 7) is 2.72. The number of para-hydroxylation sites is 1. The highest BCUT2D eigenvalue weighted by Gasteiger charge is 2.18. The highest BCUT2D eigenvalue weighted by Crippen LogP contribution is 2.30. The van der Waals surface area contributed by atoms with Gasteiger partial charge in [-0.3, -0.25) is 4.79 Å². The third-order valence-electron chi connectivity index (χ3n) is 4.46. The van der Waals surface area contributed by atoms with E-state index in [1.54, 1.807) is 0 Å². The Labute approximate surface area is 143 Å². The van der Waals surface area contributed by atoms with E-state index < -0.39 is 0 Å². The predicted octanol–water partition coefficient (Wildman–Crippen LogP) is 4.61. The van der Waals surface area contributed by atoms with Crippen LogP contribution in [-0.2, 0) is 4.79 Å². The highest BCUT2D eigenvalue weighted by atomic mass is 16.1. The minimum absolute atomic E-state index is 0.137. The maximum Gasteiger partial charge on any atom is 0.220 e. The maximum absolute atomic E-state index is 12.1. The first-order valence-electron chi connectivity index (χ1n) is 8.67. The number of unbranched alkanes of at least 4 members (excludes halogenated alkanes) is 1. The van der Waals surface area contributed by atoms with Gasteiger partial charge in [0.2, 0.25) is 5.91 Å². The van der Waals surface area contributed by atoms with Gasteiger partial charge in [0.1, 0.15) is 0 Å². The van der Waals surface area contributed by atoms with Gasteiger partial charge in [0.05, 0.1) is 0 Å². The summed E-state index contributed by atoms with van der Waals surface area (Å²) < 4.78 is 0. The normalized spacial score (nSPS) is 12.2. The fourth-order valence-corrected chi connectivity index (χ4v) is 3.12. The molecule has 1 unspecified atom stereocenters. The molecular weight excluding hydrogens is 296 g/mol. The van der Waals surface area contributed by atoms with Crippen LogP contribution in [0.3, 0.4) is 0 Å². The molecule has 0 fully saturated rings. The zero-order valence-corrected chi connectivity index (χ0v) is 14.1. The van der Waals surface area contributed by atoms with Crippen molar-refractivity contribution < 1.29 is 4.79 Å². The van der Waals surface area contributed by atoms with Crippen molar-refractivity contribution >= 4 is 16.8 Å². The number of rotatable bonds is 7. The summed E-state index contributed by atoms with van der Waals surface area (Å²) in [5.41, 5.74) is 3.58. The summed E-state index contributed by atoms with van der Waals surface area (Å²) in [6.07, 6.45) is 4.65. The summed E-state index contributed by atoms with van der Waals surface area (Å²) >= 11 is 0. The van der Waals surface area contributed by atoms with Crippen LogP contribution in [0.1, 0.15) is 43.2 Å². The topological polar surface area (TPSA) is 44.9 Å². The minimum Gasteiger partial charge on any atom is -0.361 e. The first-order chi connectivity index (χ1) is 11.8. The lowest BCUT2D eigenvalue weighted by molar-refractivity contribution is -0.121. The first-order valence-corrected chi connectivity index (χ1v) is 8.67. The van der Waals surface area contributed by atoms with Gasteiger partial charge in [-0.2, -0.15) is 0 Å². The van der Waals surface area contributed by atoms with Crippen LogP contribution in [0.5, 0.6) is 0 Å². The van der Waals surface area contributed by atoms with Crippen molar-refractivity contribution in [3.63, 3.8) is 0 Å². The monoisotopic (exact) mass is 320 g/mol. The third kappa shape index (κ3) is 3.67. The summed E-state index contributed by atoms with van der Waals surface area (Å²) in [7, 11) is 0. The zero-order valence-electron chi connectivity index (χ0n) is 14.1. The first kappa shape index (κ1) is 16.3. The van der Waals surface area contributed by atoms with Crippen molar-refractivity contribution in [3.05, 3.63) is 71.9 Å². The van der Waals surface area contributed by atoms with E-state index in [0.29, 0.717) is 13.0 Å². The number of aromatic nitrogens is 1. The molecule has 0 saturated carbocycles. The molecule has 3 aromatic rings. The number of carbonyl (C=O) groups excluding carboxylic acids is 1. The molecule has 0 aliphatic carbocycles. The van der Waals surface area contributed by atoms with Crippen LogP contribution in [0.25, 0.3) is 10.9 Å². The molecule has 0 aliphatic rings. The second-order valence-corrected chi connectivity index (χ2v) is 6.16. The number of hydrogen-bond acceptors (Lipinski definition) is 1. The molecular formula is C21H24N2O. The number of aromatic amines is 1. The average Bonchev–Trinajstić information content (AvgIpc) is 3.05. The quantitative estimate of drug-likeness (QED) is 0.656. The number of H-pyrrole nitrogens is 1. The van der Waals surface area contributed by atoms with E-state index in [4.69, 9.17) is 0 Å². The Bertz CT molecular complexity index is 792. The predicted molar refractivity (Wildman–Crippen MR) is 99.1 cm³/mol. The van der Waals surface area contributed by atoms with E-state index in [1.165, 1.54) is 16.5 Å². The molecule has 0 aliphatic heterocycles. The van der Waals surface area contributed by atoms with Crippen LogP contribution in [0.4, 0.5) is 0 Å². The molecule has 3 heteroatoms. The van der Waals surface area contributed by atoms with Crippen LogP contribution < -0.4 is 5.32 Å². The summed E-state index contributed by atoms with van der Waals surface area (Å²) in [6, 6.07) is 18.7. The molecule has 0 bridgehead atoms. The lowest BCUT2D eigenvalue weighted by atomic mass is 9.91. The van der Waals surface area contributed by atoms with E-state index >= 15 is 0 Å².